The molecule has 7 nitrogen and oxygen atoms in total. The zero-order valence-corrected chi connectivity index (χ0v) is 16.0. The van der Waals surface area contributed by atoms with E-state index in [-0.39, 0.29) is 35.4 Å². The number of carbonyl (C=O) groups is 2. The fraction of sp³-hybridized carbons (Fsp3) is 0.556. The van der Waals surface area contributed by atoms with E-state index in [0.29, 0.717) is 13.1 Å². The third-order valence-electron chi connectivity index (χ3n) is 4.70. The molecule has 0 bridgehead atoms. The lowest BCUT2D eigenvalue weighted by molar-refractivity contribution is -0.136. The van der Waals surface area contributed by atoms with E-state index in [9.17, 15) is 18.0 Å². The minimum absolute atomic E-state index is 0.0401. The first kappa shape index (κ1) is 20.4. The van der Waals surface area contributed by atoms with Crippen LogP contribution in [0.2, 0.25) is 0 Å². The molecule has 8 heteroatoms. The van der Waals surface area contributed by atoms with Gasteiger partial charge in [0, 0.05) is 32.1 Å². The predicted octanol–water partition coefficient (Wildman–Crippen LogP) is 2.04. The van der Waals surface area contributed by atoms with Crippen LogP contribution in [0.5, 0.6) is 0 Å². The Kier molecular flexibility index (Phi) is 6.77. The summed E-state index contributed by atoms with van der Waals surface area (Å²) in [5.74, 6) is -1.05. The van der Waals surface area contributed by atoms with E-state index in [4.69, 9.17) is 5.11 Å². The van der Waals surface area contributed by atoms with Gasteiger partial charge in [0.1, 0.15) is 0 Å². The van der Waals surface area contributed by atoms with Crippen LogP contribution in [0, 0.1) is 5.92 Å². The van der Waals surface area contributed by atoms with E-state index in [1.807, 2.05) is 6.92 Å². The summed E-state index contributed by atoms with van der Waals surface area (Å²) in [6.45, 7) is 5.25. The Labute approximate surface area is 154 Å². The monoisotopic (exact) mass is 382 g/mol. The lowest BCUT2D eigenvalue weighted by atomic mass is 10.0. The first-order chi connectivity index (χ1) is 12.3. The standard InChI is InChI=1S/C18H26N2O5S/c1-3-4-5-14(2)17(21)19-10-12-20(13-11-19)26(24,25)16-8-6-15(7-9-16)18(22)23/h6-9,14H,3-5,10-13H2,1-2H3,(H,22,23). The van der Waals surface area contributed by atoms with Gasteiger partial charge < -0.3 is 10.0 Å². The van der Waals surface area contributed by atoms with Gasteiger partial charge in [-0.3, -0.25) is 4.79 Å². The Morgan fingerprint density at radius 3 is 2.19 bits per heavy atom. The zero-order valence-electron chi connectivity index (χ0n) is 15.2. The molecule has 144 valence electrons. The van der Waals surface area contributed by atoms with Crippen LogP contribution in [-0.2, 0) is 14.8 Å². The summed E-state index contributed by atoms with van der Waals surface area (Å²) in [5.41, 5.74) is 0.0421. The highest BCUT2D eigenvalue weighted by atomic mass is 32.2. The van der Waals surface area contributed by atoms with Gasteiger partial charge in [0.15, 0.2) is 0 Å². The van der Waals surface area contributed by atoms with Gasteiger partial charge in [-0.15, -0.1) is 0 Å². The predicted molar refractivity (Wildman–Crippen MR) is 97.4 cm³/mol. The minimum atomic E-state index is -3.69. The highest BCUT2D eigenvalue weighted by molar-refractivity contribution is 7.89. The second kappa shape index (κ2) is 8.64. The summed E-state index contributed by atoms with van der Waals surface area (Å²) >= 11 is 0. The van der Waals surface area contributed by atoms with Crippen molar-refractivity contribution >= 4 is 21.9 Å². The number of carbonyl (C=O) groups excluding carboxylic acids is 1. The van der Waals surface area contributed by atoms with Crippen LogP contribution in [0.3, 0.4) is 0 Å². The molecule has 1 heterocycles. The van der Waals surface area contributed by atoms with Crippen LogP contribution in [-0.4, -0.2) is 60.8 Å². The van der Waals surface area contributed by atoms with Gasteiger partial charge in [0.05, 0.1) is 10.5 Å². The highest BCUT2D eigenvalue weighted by Gasteiger charge is 2.31. The van der Waals surface area contributed by atoms with Gasteiger partial charge in [-0.05, 0) is 30.7 Å². The third-order valence-corrected chi connectivity index (χ3v) is 6.61. The number of piperazine rings is 1. The number of aromatic carboxylic acids is 1. The Hall–Kier alpha value is -1.93. The lowest BCUT2D eigenvalue weighted by Crippen LogP contribution is -2.51. The smallest absolute Gasteiger partial charge is 0.335 e. The molecule has 26 heavy (non-hydrogen) atoms. The number of hydrogen-bond acceptors (Lipinski definition) is 4. The molecule has 1 saturated heterocycles. The second-order valence-electron chi connectivity index (χ2n) is 6.60. The van der Waals surface area contributed by atoms with Crippen LogP contribution in [0.1, 0.15) is 43.5 Å². The molecule has 0 aliphatic carbocycles. The van der Waals surface area contributed by atoms with Crippen molar-refractivity contribution in [2.45, 2.75) is 38.0 Å². The van der Waals surface area contributed by atoms with Crippen molar-refractivity contribution in [1.82, 2.24) is 9.21 Å². The molecular formula is C18H26N2O5S. The fourth-order valence-corrected chi connectivity index (χ4v) is 4.44. The number of benzene rings is 1. The lowest BCUT2D eigenvalue weighted by Gasteiger charge is -2.35. The molecule has 1 amide bonds. The molecule has 0 radical (unpaired) electrons. The van der Waals surface area contributed by atoms with E-state index in [2.05, 4.69) is 6.92 Å². The van der Waals surface area contributed by atoms with Crippen molar-refractivity contribution in [1.29, 1.82) is 0 Å². The van der Waals surface area contributed by atoms with E-state index < -0.39 is 16.0 Å². The number of amides is 1. The fourth-order valence-electron chi connectivity index (χ4n) is 3.01. The van der Waals surface area contributed by atoms with Crippen LogP contribution in [0.15, 0.2) is 29.2 Å². The summed E-state index contributed by atoms with van der Waals surface area (Å²) in [5, 5.41) is 8.91. The maximum absolute atomic E-state index is 12.7. The molecular weight excluding hydrogens is 356 g/mol. The zero-order chi connectivity index (χ0) is 19.3. The van der Waals surface area contributed by atoms with Crippen molar-refractivity contribution in [2.24, 2.45) is 5.92 Å². The van der Waals surface area contributed by atoms with Crippen LogP contribution in [0.25, 0.3) is 0 Å². The second-order valence-corrected chi connectivity index (χ2v) is 8.54. The molecule has 0 spiro atoms. The van der Waals surface area contributed by atoms with Gasteiger partial charge >= 0.3 is 5.97 Å². The van der Waals surface area contributed by atoms with Gasteiger partial charge in [-0.1, -0.05) is 26.7 Å². The van der Waals surface area contributed by atoms with E-state index in [1.54, 1.807) is 4.90 Å². The van der Waals surface area contributed by atoms with Crippen molar-refractivity contribution < 1.29 is 23.1 Å². The highest BCUT2D eigenvalue weighted by Crippen LogP contribution is 2.20. The quantitative estimate of drug-likeness (QED) is 0.779. The molecule has 0 saturated carbocycles. The molecule has 1 atom stereocenters. The summed E-state index contributed by atoms with van der Waals surface area (Å²) in [7, 11) is -3.69. The Balaban J connectivity index is 1.99. The van der Waals surface area contributed by atoms with Gasteiger partial charge in [0.25, 0.3) is 0 Å². The third kappa shape index (κ3) is 4.62. The minimum Gasteiger partial charge on any atom is -0.478 e. The van der Waals surface area contributed by atoms with Crippen LogP contribution < -0.4 is 0 Å². The Bertz CT molecular complexity index is 737. The van der Waals surface area contributed by atoms with Crippen molar-refractivity contribution in [3.05, 3.63) is 29.8 Å². The number of carboxylic acid groups (broad SMARTS) is 1. The molecule has 2 rings (SSSR count). The van der Waals surface area contributed by atoms with E-state index in [1.165, 1.54) is 28.6 Å². The molecule has 1 aliphatic heterocycles. The van der Waals surface area contributed by atoms with Crippen LogP contribution >= 0.6 is 0 Å². The SMILES string of the molecule is CCCCC(C)C(=O)N1CCN(S(=O)(=O)c2ccc(C(=O)O)cc2)CC1. The Morgan fingerprint density at radius 2 is 1.69 bits per heavy atom. The van der Waals surface area contributed by atoms with Crippen molar-refractivity contribution in [3.8, 4) is 0 Å². The number of carboxylic acids is 1. The summed E-state index contributed by atoms with van der Waals surface area (Å²) in [6.07, 6.45) is 2.90. The topological polar surface area (TPSA) is 95.0 Å². The average molecular weight is 382 g/mol. The first-order valence-corrected chi connectivity index (χ1v) is 10.3. The first-order valence-electron chi connectivity index (χ1n) is 8.89. The summed E-state index contributed by atoms with van der Waals surface area (Å²) in [4.78, 5) is 25.1. The largest absolute Gasteiger partial charge is 0.478 e. The number of sulfonamides is 1. The van der Waals surface area contributed by atoms with Gasteiger partial charge in [-0.25, -0.2) is 13.2 Å². The van der Waals surface area contributed by atoms with Crippen molar-refractivity contribution in [2.75, 3.05) is 26.2 Å². The summed E-state index contributed by atoms with van der Waals surface area (Å²) < 4.78 is 26.7. The number of nitrogens with zero attached hydrogens (tertiary/aromatic N) is 2. The van der Waals surface area contributed by atoms with E-state index >= 15 is 0 Å². The normalized spacial score (nSPS) is 17.1. The van der Waals surface area contributed by atoms with E-state index in [0.717, 1.165) is 19.3 Å². The number of unbranched alkanes of at least 4 members (excludes halogenated alkanes) is 1. The summed E-state index contributed by atoms with van der Waals surface area (Å²) in [6, 6.07) is 5.18. The number of rotatable bonds is 7. The molecule has 1 aromatic rings. The molecule has 1 unspecified atom stereocenters. The van der Waals surface area contributed by atoms with Crippen LogP contribution in [0.4, 0.5) is 0 Å². The van der Waals surface area contributed by atoms with Gasteiger partial charge in [0.2, 0.25) is 15.9 Å². The molecule has 1 N–H and O–H groups in total. The number of hydrogen-bond donors (Lipinski definition) is 1. The van der Waals surface area contributed by atoms with Crippen molar-refractivity contribution in [3.63, 3.8) is 0 Å². The average Bonchev–Trinajstić information content (AvgIpc) is 2.65. The maximum Gasteiger partial charge on any atom is 0.335 e. The van der Waals surface area contributed by atoms with Gasteiger partial charge in [-0.2, -0.15) is 4.31 Å². The molecule has 1 fully saturated rings. The molecule has 1 aromatic carbocycles. The molecule has 0 aromatic heterocycles. The maximum atomic E-state index is 12.7. The molecule has 1 aliphatic rings. The Morgan fingerprint density at radius 1 is 1.12 bits per heavy atom.